The van der Waals surface area contributed by atoms with Gasteiger partial charge in [-0.05, 0) is 36.8 Å². The minimum Gasteiger partial charge on any atom is -0.355 e. The van der Waals surface area contributed by atoms with Gasteiger partial charge < -0.3 is 16.0 Å². The Morgan fingerprint density at radius 3 is 2.32 bits per heavy atom. The molecule has 0 fully saturated rings. The number of thioether (sulfide) groups is 1. The maximum atomic E-state index is 11.8. The van der Waals surface area contributed by atoms with Crippen LogP contribution in [0.4, 0.5) is 0 Å². The van der Waals surface area contributed by atoms with E-state index in [1.807, 2.05) is 49.0 Å². The Morgan fingerprint density at radius 2 is 1.71 bits per heavy atom. The highest BCUT2D eigenvalue weighted by Crippen LogP contribution is 2.21. The second-order valence-electron chi connectivity index (χ2n) is 6.10. The molecule has 0 saturated heterocycles. The number of nitrogens with zero attached hydrogens (tertiary/aromatic N) is 1. The van der Waals surface area contributed by atoms with Crippen molar-refractivity contribution in [3.63, 3.8) is 0 Å². The Kier molecular flexibility index (Phi) is 11.7. The molecule has 1 atom stereocenters. The first-order valence-corrected chi connectivity index (χ1v) is 10.0. The second kappa shape index (κ2) is 13.4. The fraction of sp³-hybridized carbons (Fsp3) is 0.333. The molecule has 1 unspecified atom stereocenters. The van der Waals surface area contributed by atoms with Gasteiger partial charge in [-0.1, -0.05) is 37.3 Å². The minimum absolute atomic E-state index is 0. The van der Waals surface area contributed by atoms with Crippen molar-refractivity contribution in [2.24, 2.45) is 4.99 Å². The van der Waals surface area contributed by atoms with E-state index in [0.717, 1.165) is 18.1 Å². The molecule has 0 aliphatic rings. The third-order valence-electron chi connectivity index (χ3n) is 3.87. The number of rotatable bonds is 8. The van der Waals surface area contributed by atoms with Crippen molar-refractivity contribution < 1.29 is 4.79 Å². The van der Waals surface area contributed by atoms with Crippen molar-refractivity contribution in [2.75, 3.05) is 20.1 Å². The molecule has 2 aromatic carbocycles. The Labute approximate surface area is 189 Å². The van der Waals surface area contributed by atoms with Crippen molar-refractivity contribution in [3.8, 4) is 0 Å². The Bertz CT molecular complexity index is 738. The van der Waals surface area contributed by atoms with Crippen LogP contribution in [0.1, 0.15) is 29.8 Å². The van der Waals surface area contributed by atoms with Crippen LogP contribution in [0.3, 0.4) is 0 Å². The number of hydrogen-bond acceptors (Lipinski definition) is 3. The van der Waals surface area contributed by atoms with Crippen molar-refractivity contribution in [3.05, 3.63) is 65.7 Å². The number of halogens is 1. The zero-order valence-electron chi connectivity index (χ0n) is 16.6. The Hall–Kier alpha value is -1.74. The van der Waals surface area contributed by atoms with Crippen LogP contribution in [-0.2, 0) is 6.54 Å². The topological polar surface area (TPSA) is 65.5 Å². The SMILES string of the molecule is CCNC(=O)c1ccc(CNC(=NC)NCC(C)Sc2ccccc2)cc1.I. The maximum absolute atomic E-state index is 11.8. The molecule has 0 aliphatic carbocycles. The summed E-state index contributed by atoms with van der Waals surface area (Å²) in [6, 6.07) is 18.0. The molecule has 152 valence electrons. The van der Waals surface area contributed by atoms with Gasteiger partial charge in [-0.2, -0.15) is 0 Å². The number of carbonyl (C=O) groups excluding carboxylic acids is 1. The molecule has 7 heteroatoms. The van der Waals surface area contributed by atoms with E-state index in [9.17, 15) is 4.79 Å². The van der Waals surface area contributed by atoms with E-state index < -0.39 is 0 Å². The summed E-state index contributed by atoms with van der Waals surface area (Å²) < 4.78 is 0. The van der Waals surface area contributed by atoms with Crippen LogP contribution in [0.5, 0.6) is 0 Å². The lowest BCUT2D eigenvalue weighted by molar-refractivity contribution is 0.0956. The summed E-state index contributed by atoms with van der Waals surface area (Å²) in [6.07, 6.45) is 0. The van der Waals surface area contributed by atoms with Gasteiger partial charge >= 0.3 is 0 Å². The molecule has 0 heterocycles. The quantitative estimate of drug-likeness (QED) is 0.217. The first kappa shape index (κ1) is 24.3. The molecule has 3 N–H and O–H groups in total. The molecule has 1 amide bonds. The molecule has 2 aromatic rings. The van der Waals surface area contributed by atoms with Gasteiger partial charge in [0.05, 0.1) is 0 Å². The first-order chi connectivity index (χ1) is 13.1. The third kappa shape index (κ3) is 8.52. The van der Waals surface area contributed by atoms with E-state index in [2.05, 4.69) is 52.1 Å². The van der Waals surface area contributed by atoms with Crippen LogP contribution in [-0.4, -0.2) is 37.3 Å². The van der Waals surface area contributed by atoms with Crippen molar-refractivity contribution >= 4 is 47.6 Å². The fourth-order valence-electron chi connectivity index (χ4n) is 2.46. The van der Waals surface area contributed by atoms with E-state index in [1.54, 1.807) is 7.05 Å². The van der Waals surface area contributed by atoms with Gasteiger partial charge in [0, 0.05) is 42.4 Å². The van der Waals surface area contributed by atoms with Gasteiger partial charge in [0.15, 0.2) is 5.96 Å². The number of amides is 1. The van der Waals surface area contributed by atoms with E-state index in [-0.39, 0.29) is 29.9 Å². The largest absolute Gasteiger partial charge is 0.355 e. The van der Waals surface area contributed by atoms with E-state index >= 15 is 0 Å². The number of hydrogen-bond donors (Lipinski definition) is 3. The number of aliphatic imine (C=N–C) groups is 1. The van der Waals surface area contributed by atoms with Crippen LogP contribution in [0.25, 0.3) is 0 Å². The molecule has 0 radical (unpaired) electrons. The lowest BCUT2D eigenvalue weighted by Gasteiger charge is -2.16. The molecule has 0 aliphatic heterocycles. The van der Waals surface area contributed by atoms with Crippen LogP contribution in [0, 0.1) is 0 Å². The normalized spacial score (nSPS) is 11.9. The molecule has 0 spiro atoms. The van der Waals surface area contributed by atoms with Crippen molar-refractivity contribution in [1.29, 1.82) is 0 Å². The van der Waals surface area contributed by atoms with E-state index in [4.69, 9.17) is 0 Å². The predicted octanol–water partition coefficient (Wildman–Crippen LogP) is 3.90. The van der Waals surface area contributed by atoms with Crippen LogP contribution < -0.4 is 16.0 Å². The molecular weight excluding hydrogens is 483 g/mol. The highest BCUT2D eigenvalue weighted by atomic mass is 127. The van der Waals surface area contributed by atoms with Gasteiger partial charge in [0.1, 0.15) is 0 Å². The highest BCUT2D eigenvalue weighted by Gasteiger charge is 2.07. The van der Waals surface area contributed by atoms with Crippen LogP contribution >= 0.6 is 35.7 Å². The molecular formula is C21H29IN4OS. The summed E-state index contributed by atoms with van der Waals surface area (Å²) in [5, 5.41) is 9.89. The van der Waals surface area contributed by atoms with Gasteiger partial charge in [-0.25, -0.2) is 0 Å². The maximum Gasteiger partial charge on any atom is 0.251 e. The lowest BCUT2D eigenvalue weighted by atomic mass is 10.1. The van der Waals surface area contributed by atoms with Crippen molar-refractivity contribution in [2.45, 2.75) is 30.5 Å². The van der Waals surface area contributed by atoms with Gasteiger partial charge in [-0.15, -0.1) is 35.7 Å². The summed E-state index contributed by atoms with van der Waals surface area (Å²) in [7, 11) is 1.77. The monoisotopic (exact) mass is 512 g/mol. The van der Waals surface area contributed by atoms with Gasteiger partial charge in [-0.3, -0.25) is 9.79 Å². The minimum atomic E-state index is -0.0422. The Morgan fingerprint density at radius 1 is 1.04 bits per heavy atom. The average Bonchev–Trinajstić information content (AvgIpc) is 2.69. The average molecular weight is 512 g/mol. The van der Waals surface area contributed by atoms with Crippen molar-refractivity contribution in [1.82, 2.24) is 16.0 Å². The molecule has 0 saturated carbocycles. The predicted molar refractivity (Wildman–Crippen MR) is 130 cm³/mol. The van der Waals surface area contributed by atoms with E-state index in [0.29, 0.717) is 23.9 Å². The van der Waals surface area contributed by atoms with Gasteiger partial charge in [0.25, 0.3) is 5.91 Å². The molecule has 0 aromatic heterocycles. The first-order valence-electron chi connectivity index (χ1n) is 9.15. The number of carbonyl (C=O) groups is 1. The van der Waals surface area contributed by atoms with Crippen LogP contribution in [0.2, 0.25) is 0 Å². The molecule has 5 nitrogen and oxygen atoms in total. The van der Waals surface area contributed by atoms with Gasteiger partial charge in [0.2, 0.25) is 0 Å². The number of benzene rings is 2. The second-order valence-corrected chi connectivity index (χ2v) is 7.62. The zero-order valence-corrected chi connectivity index (χ0v) is 19.7. The standard InChI is InChI=1S/C21H28N4OS.HI/c1-4-23-20(26)18-12-10-17(11-13-18)15-25-21(22-3)24-14-16(2)27-19-8-6-5-7-9-19;/h5-13,16H,4,14-15H2,1-3H3,(H,23,26)(H2,22,24,25);1H. The fourth-order valence-corrected chi connectivity index (χ4v) is 3.40. The summed E-state index contributed by atoms with van der Waals surface area (Å²) in [5.41, 5.74) is 1.77. The summed E-state index contributed by atoms with van der Waals surface area (Å²) >= 11 is 1.84. The molecule has 0 bridgehead atoms. The van der Waals surface area contributed by atoms with E-state index in [1.165, 1.54) is 4.90 Å². The summed E-state index contributed by atoms with van der Waals surface area (Å²) in [4.78, 5) is 17.3. The number of nitrogens with one attached hydrogen (secondary N) is 3. The molecule has 28 heavy (non-hydrogen) atoms. The number of guanidine groups is 1. The summed E-state index contributed by atoms with van der Waals surface area (Å²) in [5.74, 6) is 0.725. The smallest absolute Gasteiger partial charge is 0.251 e. The third-order valence-corrected chi connectivity index (χ3v) is 4.99. The lowest BCUT2D eigenvalue weighted by Crippen LogP contribution is -2.39. The molecule has 2 rings (SSSR count). The highest BCUT2D eigenvalue weighted by molar-refractivity contribution is 14.0. The summed E-state index contributed by atoms with van der Waals surface area (Å²) in [6.45, 7) is 6.20. The van der Waals surface area contributed by atoms with Crippen LogP contribution in [0.15, 0.2) is 64.5 Å². The Balaban J connectivity index is 0.00000392. The zero-order chi connectivity index (χ0) is 19.5.